The van der Waals surface area contributed by atoms with Gasteiger partial charge in [0, 0.05) is 16.1 Å². The normalized spacial score (nSPS) is 10.6. The molecule has 0 atom stereocenters. The molecule has 0 aliphatic carbocycles. The lowest BCUT2D eigenvalue weighted by Crippen LogP contribution is -2.15. The first-order valence-corrected chi connectivity index (χ1v) is 8.23. The zero-order valence-electron chi connectivity index (χ0n) is 13.2. The molecule has 0 fully saturated rings. The van der Waals surface area contributed by atoms with Crippen molar-refractivity contribution < 1.29 is 13.6 Å². The van der Waals surface area contributed by atoms with Crippen LogP contribution in [-0.2, 0) is 0 Å². The van der Waals surface area contributed by atoms with Crippen molar-refractivity contribution in [3.05, 3.63) is 82.0 Å². The molecule has 1 N–H and O–H groups in total. The molecule has 25 heavy (non-hydrogen) atoms. The number of benzene rings is 2. The Labute approximate surface area is 151 Å². The van der Waals surface area contributed by atoms with E-state index in [2.05, 4.69) is 26.2 Å². The molecule has 0 spiro atoms. The highest BCUT2D eigenvalue weighted by Gasteiger charge is 2.14. The van der Waals surface area contributed by atoms with Gasteiger partial charge in [0.15, 0.2) is 0 Å². The SMILES string of the molecule is Cc1nc(-c2cccc(Br)c2)ccc1C(=O)Nc1cc(F)ccc1F. The summed E-state index contributed by atoms with van der Waals surface area (Å²) >= 11 is 3.41. The van der Waals surface area contributed by atoms with Crippen LogP contribution in [0.1, 0.15) is 16.1 Å². The molecule has 1 heterocycles. The van der Waals surface area contributed by atoms with Gasteiger partial charge in [-0.2, -0.15) is 0 Å². The number of nitrogens with one attached hydrogen (secondary N) is 1. The summed E-state index contributed by atoms with van der Waals surface area (Å²) in [7, 11) is 0. The molecule has 1 aromatic heterocycles. The Kier molecular flexibility index (Phi) is 4.90. The number of halogens is 3. The van der Waals surface area contributed by atoms with Crippen LogP contribution in [0, 0.1) is 18.6 Å². The first-order valence-electron chi connectivity index (χ1n) is 7.44. The summed E-state index contributed by atoms with van der Waals surface area (Å²) in [4.78, 5) is 16.8. The molecule has 6 heteroatoms. The van der Waals surface area contributed by atoms with Crippen molar-refractivity contribution in [1.29, 1.82) is 0 Å². The van der Waals surface area contributed by atoms with Crippen LogP contribution in [-0.4, -0.2) is 10.9 Å². The van der Waals surface area contributed by atoms with Gasteiger partial charge in [0.05, 0.1) is 22.6 Å². The minimum atomic E-state index is -0.703. The van der Waals surface area contributed by atoms with E-state index in [4.69, 9.17) is 0 Å². The minimum Gasteiger partial charge on any atom is -0.319 e. The van der Waals surface area contributed by atoms with Gasteiger partial charge < -0.3 is 5.32 Å². The average Bonchev–Trinajstić information content (AvgIpc) is 2.58. The van der Waals surface area contributed by atoms with E-state index >= 15 is 0 Å². The van der Waals surface area contributed by atoms with Gasteiger partial charge in [-0.1, -0.05) is 28.1 Å². The molecular weight excluding hydrogens is 390 g/mol. The zero-order chi connectivity index (χ0) is 18.0. The van der Waals surface area contributed by atoms with Crippen molar-refractivity contribution in [2.45, 2.75) is 6.92 Å². The molecule has 2 aromatic carbocycles. The molecule has 3 rings (SSSR count). The first kappa shape index (κ1) is 17.2. The Morgan fingerprint density at radius 1 is 1.08 bits per heavy atom. The highest BCUT2D eigenvalue weighted by atomic mass is 79.9. The van der Waals surface area contributed by atoms with E-state index in [1.165, 1.54) is 0 Å². The summed E-state index contributed by atoms with van der Waals surface area (Å²) < 4.78 is 27.8. The molecule has 126 valence electrons. The standard InChI is InChI=1S/C19H13BrF2N2O/c1-11-15(19(25)24-18-10-14(21)5-7-16(18)22)6-8-17(23-11)12-3-2-4-13(20)9-12/h2-10H,1H3,(H,24,25). The third-order valence-electron chi connectivity index (χ3n) is 3.63. The van der Waals surface area contributed by atoms with Crippen molar-refractivity contribution >= 4 is 27.5 Å². The summed E-state index contributed by atoms with van der Waals surface area (Å²) in [6.45, 7) is 1.69. The average molecular weight is 403 g/mol. The van der Waals surface area contributed by atoms with E-state index in [9.17, 15) is 13.6 Å². The fourth-order valence-corrected chi connectivity index (χ4v) is 2.79. The van der Waals surface area contributed by atoms with E-state index in [0.29, 0.717) is 17.0 Å². The van der Waals surface area contributed by atoms with Crippen LogP contribution < -0.4 is 5.32 Å². The van der Waals surface area contributed by atoms with Gasteiger partial charge in [-0.3, -0.25) is 9.78 Å². The smallest absolute Gasteiger partial charge is 0.257 e. The first-order chi connectivity index (χ1) is 11.9. The van der Waals surface area contributed by atoms with Gasteiger partial charge in [-0.15, -0.1) is 0 Å². The van der Waals surface area contributed by atoms with Crippen LogP contribution in [0.5, 0.6) is 0 Å². The second-order valence-electron chi connectivity index (χ2n) is 5.42. The monoisotopic (exact) mass is 402 g/mol. The van der Waals surface area contributed by atoms with Crippen molar-refractivity contribution in [1.82, 2.24) is 4.98 Å². The Hall–Kier alpha value is -2.60. The summed E-state index contributed by atoms with van der Waals surface area (Å²) in [5.41, 5.74) is 2.20. The van der Waals surface area contributed by atoms with Crippen molar-refractivity contribution in [2.24, 2.45) is 0 Å². The summed E-state index contributed by atoms with van der Waals surface area (Å²) in [6.07, 6.45) is 0. The number of carbonyl (C=O) groups is 1. The molecule has 0 radical (unpaired) electrons. The number of pyridine rings is 1. The second kappa shape index (κ2) is 7.11. The van der Waals surface area contributed by atoms with Gasteiger partial charge in [0.25, 0.3) is 5.91 Å². The predicted octanol–water partition coefficient (Wildman–Crippen LogP) is 5.35. The Morgan fingerprint density at radius 3 is 2.60 bits per heavy atom. The highest BCUT2D eigenvalue weighted by Crippen LogP contribution is 2.23. The maximum absolute atomic E-state index is 13.7. The van der Waals surface area contributed by atoms with Crippen molar-refractivity contribution in [3.8, 4) is 11.3 Å². The van der Waals surface area contributed by atoms with Gasteiger partial charge in [0.2, 0.25) is 0 Å². The fourth-order valence-electron chi connectivity index (χ4n) is 2.39. The molecule has 0 saturated carbocycles. The van der Waals surface area contributed by atoms with Crippen molar-refractivity contribution in [3.63, 3.8) is 0 Å². The molecule has 1 amide bonds. The molecule has 3 nitrogen and oxygen atoms in total. The topological polar surface area (TPSA) is 42.0 Å². The van der Waals surface area contributed by atoms with Gasteiger partial charge in [-0.25, -0.2) is 8.78 Å². The summed E-state index contributed by atoms with van der Waals surface area (Å²) in [5, 5.41) is 2.38. The minimum absolute atomic E-state index is 0.208. The lowest BCUT2D eigenvalue weighted by atomic mass is 10.1. The Balaban J connectivity index is 1.88. The second-order valence-corrected chi connectivity index (χ2v) is 6.33. The lowest BCUT2D eigenvalue weighted by molar-refractivity contribution is 0.102. The quantitative estimate of drug-likeness (QED) is 0.641. The molecule has 0 saturated heterocycles. The van der Waals surface area contributed by atoms with Crippen LogP contribution in [0.15, 0.2) is 59.1 Å². The van der Waals surface area contributed by atoms with E-state index in [0.717, 1.165) is 28.2 Å². The van der Waals surface area contributed by atoms with Gasteiger partial charge >= 0.3 is 0 Å². The number of hydrogen-bond donors (Lipinski definition) is 1. The van der Waals surface area contributed by atoms with E-state index in [1.807, 2.05) is 24.3 Å². The molecule has 0 bridgehead atoms. The number of aryl methyl sites for hydroxylation is 1. The number of carbonyl (C=O) groups excluding carboxylic acids is 1. The molecule has 3 aromatic rings. The lowest BCUT2D eigenvalue weighted by Gasteiger charge is -2.10. The number of nitrogens with zero attached hydrogens (tertiary/aromatic N) is 1. The third-order valence-corrected chi connectivity index (χ3v) is 4.12. The van der Waals surface area contributed by atoms with E-state index in [-0.39, 0.29) is 5.69 Å². The predicted molar refractivity (Wildman–Crippen MR) is 96.4 cm³/mol. The van der Waals surface area contributed by atoms with Crippen LogP contribution in [0.2, 0.25) is 0 Å². The Bertz CT molecular complexity index is 960. The third kappa shape index (κ3) is 3.91. The highest BCUT2D eigenvalue weighted by molar-refractivity contribution is 9.10. The number of anilines is 1. The molecular formula is C19H13BrF2N2O. The summed E-state index contributed by atoms with van der Waals surface area (Å²) in [5.74, 6) is -1.88. The maximum atomic E-state index is 13.7. The van der Waals surface area contributed by atoms with E-state index in [1.54, 1.807) is 19.1 Å². The number of aromatic nitrogens is 1. The fraction of sp³-hybridized carbons (Fsp3) is 0.0526. The van der Waals surface area contributed by atoms with Crippen LogP contribution >= 0.6 is 15.9 Å². The zero-order valence-corrected chi connectivity index (χ0v) is 14.8. The molecule has 0 unspecified atom stereocenters. The number of hydrogen-bond acceptors (Lipinski definition) is 2. The van der Waals surface area contributed by atoms with Crippen LogP contribution in [0.3, 0.4) is 0 Å². The number of rotatable bonds is 3. The largest absolute Gasteiger partial charge is 0.319 e. The van der Waals surface area contributed by atoms with Gasteiger partial charge in [-0.05, 0) is 43.3 Å². The molecule has 0 aliphatic heterocycles. The van der Waals surface area contributed by atoms with Crippen LogP contribution in [0.4, 0.5) is 14.5 Å². The van der Waals surface area contributed by atoms with Gasteiger partial charge in [0.1, 0.15) is 11.6 Å². The van der Waals surface area contributed by atoms with Crippen LogP contribution in [0.25, 0.3) is 11.3 Å². The summed E-state index contributed by atoms with van der Waals surface area (Å²) in [6, 6.07) is 13.9. The maximum Gasteiger partial charge on any atom is 0.257 e. The van der Waals surface area contributed by atoms with E-state index < -0.39 is 17.5 Å². The Morgan fingerprint density at radius 2 is 1.88 bits per heavy atom. The van der Waals surface area contributed by atoms with Crippen molar-refractivity contribution in [2.75, 3.05) is 5.32 Å². The molecule has 0 aliphatic rings. The number of amides is 1.